The number of rotatable bonds is 5. The smallest absolute Gasteiger partial charge is 0.107 e. The summed E-state index contributed by atoms with van der Waals surface area (Å²) in [5, 5.41) is 3.43. The summed E-state index contributed by atoms with van der Waals surface area (Å²) in [7, 11) is 0. The summed E-state index contributed by atoms with van der Waals surface area (Å²) in [6, 6.07) is 6.66. The Hall–Kier alpha value is -1.61. The predicted octanol–water partition coefficient (Wildman–Crippen LogP) is 2.36. The summed E-state index contributed by atoms with van der Waals surface area (Å²) in [5.74, 6) is 1.04. The Kier molecular flexibility index (Phi) is 3.94. The van der Waals surface area contributed by atoms with Crippen molar-refractivity contribution in [3.05, 3.63) is 53.1 Å². The van der Waals surface area contributed by atoms with Gasteiger partial charge in [-0.15, -0.1) is 0 Å². The van der Waals surface area contributed by atoms with Crippen molar-refractivity contribution in [2.45, 2.75) is 26.8 Å². The van der Waals surface area contributed by atoms with Crippen LogP contribution in [0.1, 0.15) is 22.5 Å². The van der Waals surface area contributed by atoms with Crippen LogP contribution in [0.5, 0.6) is 0 Å². The highest BCUT2D eigenvalue weighted by atomic mass is 14.9. The van der Waals surface area contributed by atoms with Gasteiger partial charge < -0.3 is 10.3 Å². The fourth-order valence-electron chi connectivity index (χ4n) is 2.05. The van der Waals surface area contributed by atoms with E-state index >= 15 is 0 Å². The van der Waals surface area contributed by atoms with Gasteiger partial charge in [0, 0.05) is 31.9 Å². The molecule has 0 aliphatic heterocycles. The lowest BCUT2D eigenvalue weighted by molar-refractivity contribution is 0.673. The molecule has 1 aromatic carbocycles. The van der Waals surface area contributed by atoms with E-state index in [1.165, 1.54) is 16.7 Å². The Bertz CT molecular complexity index is 440. The Morgan fingerprint density at radius 1 is 1.18 bits per heavy atom. The molecule has 90 valence electrons. The average Bonchev–Trinajstić information content (AvgIpc) is 2.76. The molecule has 1 aromatic heterocycles. The van der Waals surface area contributed by atoms with Gasteiger partial charge in [0.05, 0.1) is 0 Å². The second kappa shape index (κ2) is 5.64. The third-order valence-corrected chi connectivity index (χ3v) is 2.70. The maximum Gasteiger partial charge on any atom is 0.107 e. The SMILES string of the molecule is Cc1cc(C)cc(CNCCc2ncc[nH]2)c1. The number of hydrogen-bond donors (Lipinski definition) is 2. The molecule has 2 aromatic rings. The minimum atomic E-state index is 0.920. The van der Waals surface area contributed by atoms with Crippen LogP contribution in [-0.4, -0.2) is 16.5 Å². The van der Waals surface area contributed by atoms with E-state index in [4.69, 9.17) is 0 Å². The van der Waals surface area contributed by atoms with Crippen molar-refractivity contribution < 1.29 is 0 Å². The van der Waals surface area contributed by atoms with Crippen LogP contribution in [0.15, 0.2) is 30.6 Å². The lowest BCUT2D eigenvalue weighted by Crippen LogP contribution is -2.17. The number of nitrogens with zero attached hydrogens (tertiary/aromatic N) is 1. The number of aromatic amines is 1. The van der Waals surface area contributed by atoms with Gasteiger partial charge in [0.25, 0.3) is 0 Å². The average molecular weight is 229 g/mol. The monoisotopic (exact) mass is 229 g/mol. The molecule has 0 saturated carbocycles. The first kappa shape index (κ1) is 11.9. The van der Waals surface area contributed by atoms with Gasteiger partial charge in [0.2, 0.25) is 0 Å². The summed E-state index contributed by atoms with van der Waals surface area (Å²) in [6.45, 7) is 6.14. The minimum absolute atomic E-state index is 0.920. The highest BCUT2D eigenvalue weighted by Crippen LogP contribution is 2.08. The van der Waals surface area contributed by atoms with Crippen molar-refractivity contribution >= 4 is 0 Å². The molecule has 0 aliphatic rings. The molecule has 2 N–H and O–H groups in total. The number of imidazole rings is 1. The van der Waals surface area contributed by atoms with Crippen LogP contribution < -0.4 is 5.32 Å². The molecule has 0 bridgehead atoms. The van der Waals surface area contributed by atoms with Gasteiger partial charge in [-0.25, -0.2) is 4.98 Å². The molecular weight excluding hydrogens is 210 g/mol. The Morgan fingerprint density at radius 3 is 2.59 bits per heavy atom. The number of nitrogens with one attached hydrogen (secondary N) is 2. The molecule has 17 heavy (non-hydrogen) atoms. The lowest BCUT2D eigenvalue weighted by atomic mass is 10.1. The number of H-pyrrole nitrogens is 1. The van der Waals surface area contributed by atoms with Crippen molar-refractivity contribution in [2.24, 2.45) is 0 Å². The third kappa shape index (κ3) is 3.71. The van der Waals surface area contributed by atoms with E-state index in [0.29, 0.717) is 0 Å². The number of aryl methyl sites for hydroxylation is 2. The van der Waals surface area contributed by atoms with Crippen LogP contribution in [0.3, 0.4) is 0 Å². The molecule has 0 radical (unpaired) electrons. The zero-order chi connectivity index (χ0) is 12.1. The zero-order valence-electron chi connectivity index (χ0n) is 10.5. The second-order valence-corrected chi connectivity index (χ2v) is 4.46. The van der Waals surface area contributed by atoms with Gasteiger partial charge in [0.15, 0.2) is 0 Å². The lowest BCUT2D eigenvalue weighted by Gasteiger charge is -2.06. The Labute approximate surface area is 102 Å². The molecule has 3 nitrogen and oxygen atoms in total. The maximum absolute atomic E-state index is 4.19. The molecule has 1 heterocycles. The first-order valence-corrected chi connectivity index (χ1v) is 6.00. The van der Waals surface area contributed by atoms with E-state index < -0.39 is 0 Å². The normalized spacial score (nSPS) is 10.7. The summed E-state index contributed by atoms with van der Waals surface area (Å²) >= 11 is 0. The van der Waals surface area contributed by atoms with Crippen molar-refractivity contribution in [1.29, 1.82) is 0 Å². The van der Waals surface area contributed by atoms with Crippen LogP contribution >= 0.6 is 0 Å². The van der Waals surface area contributed by atoms with Gasteiger partial charge >= 0.3 is 0 Å². The fourth-order valence-corrected chi connectivity index (χ4v) is 2.05. The molecule has 0 unspecified atom stereocenters. The molecule has 0 fully saturated rings. The fraction of sp³-hybridized carbons (Fsp3) is 0.357. The van der Waals surface area contributed by atoms with E-state index in [-0.39, 0.29) is 0 Å². The molecule has 0 saturated heterocycles. The summed E-state index contributed by atoms with van der Waals surface area (Å²) in [4.78, 5) is 7.30. The minimum Gasteiger partial charge on any atom is -0.349 e. The van der Waals surface area contributed by atoms with E-state index in [2.05, 4.69) is 47.3 Å². The van der Waals surface area contributed by atoms with Crippen molar-refractivity contribution in [1.82, 2.24) is 15.3 Å². The quantitative estimate of drug-likeness (QED) is 0.773. The van der Waals surface area contributed by atoms with Crippen LogP contribution in [0.25, 0.3) is 0 Å². The van der Waals surface area contributed by atoms with E-state index in [1.807, 2.05) is 6.20 Å². The zero-order valence-corrected chi connectivity index (χ0v) is 10.5. The van der Waals surface area contributed by atoms with Gasteiger partial charge in [-0.3, -0.25) is 0 Å². The largest absolute Gasteiger partial charge is 0.349 e. The highest BCUT2D eigenvalue weighted by Gasteiger charge is 1.97. The maximum atomic E-state index is 4.19. The van der Waals surface area contributed by atoms with Gasteiger partial charge in [-0.2, -0.15) is 0 Å². The van der Waals surface area contributed by atoms with Crippen molar-refractivity contribution in [3.8, 4) is 0 Å². The van der Waals surface area contributed by atoms with E-state index in [1.54, 1.807) is 6.20 Å². The van der Waals surface area contributed by atoms with Gasteiger partial charge in [-0.05, 0) is 19.4 Å². The molecule has 0 atom stereocenters. The van der Waals surface area contributed by atoms with Crippen molar-refractivity contribution in [3.63, 3.8) is 0 Å². The first-order chi connectivity index (χ1) is 8.24. The van der Waals surface area contributed by atoms with E-state index in [0.717, 1.165) is 25.3 Å². The molecular formula is C14H19N3. The third-order valence-electron chi connectivity index (χ3n) is 2.70. The molecule has 0 aliphatic carbocycles. The van der Waals surface area contributed by atoms with Crippen LogP contribution in [-0.2, 0) is 13.0 Å². The van der Waals surface area contributed by atoms with Gasteiger partial charge in [-0.1, -0.05) is 29.3 Å². The summed E-state index contributed by atoms with van der Waals surface area (Å²) in [6.07, 6.45) is 4.59. The van der Waals surface area contributed by atoms with Crippen molar-refractivity contribution in [2.75, 3.05) is 6.54 Å². The van der Waals surface area contributed by atoms with Crippen LogP contribution in [0, 0.1) is 13.8 Å². The van der Waals surface area contributed by atoms with Gasteiger partial charge in [0.1, 0.15) is 5.82 Å². The summed E-state index contributed by atoms with van der Waals surface area (Å²) < 4.78 is 0. The Balaban J connectivity index is 1.78. The highest BCUT2D eigenvalue weighted by molar-refractivity contribution is 5.28. The predicted molar refractivity (Wildman–Crippen MR) is 69.9 cm³/mol. The second-order valence-electron chi connectivity index (χ2n) is 4.46. The number of hydrogen-bond acceptors (Lipinski definition) is 2. The molecule has 3 heteroatoms. The Morgan fingerprint density at radius 2 is 1.94 bits per heavy atom. The van der Waals surface area contributed by atoms with E-state index in [9.17, 15) is 0 Å². The summed E-state index contributed by atoms with van der Waals surface area (Å²) in [5.41, 5.74) is 4.00. The topological polar surface area (TPSA) is 40.7 Å². The molecule has 2 rings (SSSR count). The van der Waals surface area contributed by atoms with Crippen LogP contribution in [0.4, 0.5) is 0 Å². The van der Waals surface area contributed by atoms with Crippen LogP contribution in [0.2, 0.25) is 0 Å². The molecule has 0 spiro atoms. The number of aromatic nitrogens is 2. The molecule has 0 amide bonds. The first-order valence-electron chi connectivity index (χ1n) is 6.00. The standard InChI is InChI=1S/C14H19N3/c1-11-7-12(2)9-13(8-11)10-15-4-3-14-16-5-6-17-14/h5-9,15H,3-4,10H2,1-2H3,(H,16,17). The number of benzene rings is 1.